The lowest BCUT2D eigenvalue weighted by Gasteiger charge is -2.03. The molecule has 5 heteroatoms. The van der Waals surface area contributed by atoms with Crippen LogP contribution in [0.1, 0.15) is 20.8 Å². The lowest BCUT2D eigenvalue weighted by Crippen LogP contribution is -2.03. The van der Waals surface area contributed by atoms with Crippen molar-refractivity contribution in [1.29, 1.82) is 0 Å². The number of rotatable bonds is 3. The first-order valence-electron chi connectivity index (χ1n) is 6.48. The van der Waals surface area contributed by atoms with E-state index >= 15 is 0 Å². The SMILES string of the molecule is Cc1cncc(COC(=O)c2cc3cc(N)ccc3s2)c1. The van der Waals surface area contributed by atoms with Crippen LogP contribution in [0.25, 0.3) is 10.1 Å². The van der Waals surface area contributed by atoms with Crippen LogP contribution < -0.4 is 5.73 Å². The minimum Gasteiger partial charge on any atom is -0.457 e. The van der Waals surface area contributed by atoms with Gasteiger partial charge in [-0.2, -0.15) is 0 Å². The van der Waals surface area contributed by atoms with Crippen LogP contribution in [0.15, 0.2) is 42.7 Å². The molecule has 0 amide bonds. The number of anilines is 1. The summed E-state index contributed by atoms with van der Waals surface area (Å²) >= 11 is 1.41. The fourth-order valence-electron chi connectivity index (χ4n) is 2.08. The molecule has 1 aromatic carbocycles. The average molecular weight is 298 g/mol. The third-order valence-corrected chi connectivity index (χ3v) is 4.14. The van der Waals surface area contributed by atoms with E-state index in [1.807, 2.05) is 37.3 Å². The van der Waals surface area contributed by atoms with Gasteiger partial charge in [-0.05, 0) is 48.2 Å². The van der Waals surface area contributed by atoms with E-state index in [4.69, 9.17) is 10.5 Å². The number of hydrogen-bond acceptors (Lipinski definition) is 5. The topological polar surface area (TPSA) is 65.2 Å². The molecule has 0 fully saturated rings. The fraction of sp³-hybridized carbons (Fsp3) is 0.125. The van der Waals surface area contributed by atoms with Crippen molar-refractivity contribution in [2.75, 3.05) is 5.73 Å². The predicted molar refractivity (Wildman–Crippen MR) is 84.3 cm³/mol. The van der Waals surface area contributed by atoms with E-state index in [1.54, 1.807) is 12.4 Å². The highest BCUT2D eigenvalue weighted by Gasteiger charge is 2.12. The Morgan fingerprint density at radius 2 is 2.14 bits per heavy atom. The number of ether oxygens (including phenoxy) is 1. The van der Waals surface area contributed by atoms with Crippen molar-refractivity contribution in [2.24, 2.45) is 0 Å². The summed E-state index contributed by atoms with van der Waals surface area (Å²) in [5, 5.41) is 0.962. The van der Waals surface area contributed by atoms with Crippen LogP contribution in [0.2, 0.25) is 0 Å². The second-order valence-electron chi connectivity index (χ2n) is 4.85. The molecule has 2 heterocycles. The molecule has 106 valence electrons. The molecule has 0 bridgehead atoms. The van der Waals surface area contributed by atoms with Crippen molar-refractivity contribution in [3.05, 3.63) is 58.7 Å². The molecule has 2 aromatic heterocycles. The minimum atomic E-state index is -0.323. The summed E-state index contributed by atoms with van der Waals surface area (Å²) in [7, 11) is 0. The second-order valence-corrected chi connectivity index (χ2v) is 5.94. The van der Waals surface area contributed by atoms with Gasteiger partial charge in [0, 0.05) is 28.3 Å². The number of aromatic nitrogens is 1. The maximum atomic E-state index is 12.1. The number of nitrogens with two attached hydrogens (primary N) is 1. The summed E-state index contributed by atoms with van der Waals surface area (Å²) in [5.41, 5.74) is 8.35. The summed E-state index contributed by atoms with van der Waals surface area (Å²) in [6.45, 7) is 2.18. The molecule has 3 rings (SSSR count). The van der Waals surface area contributed by atoms with Crippen LogP contribution in [0.3, 0.4) is 0 Å². The van der Waals surface area contributed by atoms with Gasteiger partial charge in [0.2, 0.25) is 0 Å². The number of carbonyl (C=O) groups is 1. The van der Waals surface area contributed by atoms with Crippen LogP contribution in [-0.2, 0) is 11.3 Å². The number of aryl methyl sites for hydroxylation is 1. The fourth-order valence-corrected chi connectivity index (χ4v) is 3.02. The van der Waals surface area contributed by atoms with Crippen molar-refractivity contribution >= 4 is 33.1 Å². The van der Waals surface area contributed by atoms with Crippen molar-refractivity contribution in [1.82, 2.24) is 4.98 Å². The quantitative estimate of drug-likeness (QED) is 0.593. The molecule has 0 saturated heterocycles. The molecule has 0 aliphatic rings. The Hall–Kier alpha value is -2.40. The van der Waals surface area contributed by atoms with Gasteiger partial charge in [-0.15, -0.1) is 11.3 Å². The van der Waals surface area contributed by atoms with Gasteiger partial charge in [0.25, 0.3) is 0 Å². The Morgan fingerprint density at radius 3 is 2.95 bits per heavy atom. The highest BCUT2D eigenvalue weighted by Crippen LogP contribution is 2.27. The van der Waals surface area contributed by atoms with E-state index in [1.165, 1.54) is 11.3 Å². The molecule has 0 spiro atoms. The second kappa shape index (κ2) is 5.54. The monoisotopic (exact) mass is 298 g/mol. The molecule has 3 aromatic rings. The lowest BCUT2D eigenvalue weighted by atomic mass is 10.2. The van der Waals surface area contributed by atoms with E-state index in [2.05, 4.69) is 4.98 Å². The molecular formula is C16H14N2O2S. The van der Waals surface area contributed by atoms with Crippen LogP contribution in [0.5, 0.6) is 0 Å². The largest absolute Gasteiger partial charge is 0.457 e. The molecular weight excluding hydrogens is 284 g/mol. The van der Waals surface area contributed by atoms with Gasteiger partial charge >= 0.3 is 5.97 Å². The van der Waals surface area contributed by atoms with Crippen LogP contribution in [0.4, 0.5) is 5.69 Å². The van der Waals surface area contributed by atoms with Crippen molar-refractivity contribution in [3.63, 3.8) is 0 Å². The number of benzene rings is 1. The number of nitrogens with zero attached hydrogens (tertiary/aromatic N) is 1. The summed E-state index contributed by atoms with van der Waals surface area (Å²) in [6, 6.07) is 9.36. The number of carbonyl (C=O) groups excluding carboxylic acids is 1. The Bertz CT molecular complexity index is 811. The maximum Gasteiger partial charge on any atom is 0.348 e. The normalized spacial score (nSPS) is 10.7. The van der Waals surface area contributed by atoms with Crippen molar-refractivity contribution in [3.8, 4) is 0 Å². The first-order chi connectivity index (χ1) is 10.1. The van der Waals surface area contributed by atoms with Crippen LogP contribution in [0, 0.1) is 6.92 Å². The molecule has 0 atom stereocenters. The first-order valence-corrected chi connectivity index (χ1v) is 7.30. The van der Waals surface area contributed by atoms with Gasteiger partial charge in [0.1, 0.15) is 11.5 Å². The highest BCUT2D eigenvalue weighted by molar-refractivity contribution is 7.20. The molecule has 21 heavy (non-hydrogen) atoms. The number of thiophene rings is 1. The summed E-state index contributed by atoms with van der Waals surface area (Å²) < 4.78 is 6.35. The molecule has 0 aliphatic heterocycles. The summed E-state index contributed by atoms with van der Waals surface area (Å²) in [6.07, 6.45) is 3.47. The molecule has 0 saturated carbocycles. The molecule has 0 radical (unpaired) electrons. The summed E-state index contributed by atoms with van der Waals surface area (Å²) in [4.78, 5) is 16.8. The highest BCUT2D eigenvalue weighted by atomic mass is 32.1. The standard InChI is InChI=1S/C16H14N2O2S/c1-10-4-11(8-18-7-10)9-20-16(19)15-6-12-5-13(17)2-3-14(12)21-15/h2-8H,9,17H2,1H3. The first kappa shape index (κ1) is 13.6. The smallest absolute Gasteiger partial charge is 0.348 e. The Labute approximate surface area is 126 Å². The number of esters is 1. The van der Waals surface area contributed by atoms with Crippen molar-refractivity contribution < 1.29 is 9.53 Å². The molecule has 0 aliphatic carbocycles. The van der Waals surface area contributed by atoms with E-state index in [0.29, 0.717) is 10.6 Å². The molecule has 2 N–H and O–H groups in total. The van der Waals surface area contributed by atoms with Gasteiger partial charge in [-0.1, -0.05) is 0 Å². The zero-order chi connectivity index (χ0) is 14.8. The number of pyridine rings is 1. The van der Waals surface area contributed by atoms with E-state index in [9.17, 15) is 4.79 Å². The Balaban J connectivity index is 1.74. The lowest BCUT2D eigenvalue weighted by molar-refractivity contribution is 0.0478. The van der Waals surface area contributed by atoms with Crippen molar-refractivity contribution in [2.45, 2.75) is 13.5 Å². The zero-order valence-electron chi connectivity index (χ0n) is 11.5. The van der Waals surface area contributed by atoms with Gasteiger partial charge in [-0.25, -0.2) is 4.79 Å². The third kappa shape index (κ3) is 3.03. The van der Waals surface area contributed by atoms with Gasteiger partial charge in [-0.3, -0.25) is 4.98 Å². The maximum absolute atomic E-state index is 12.1. The zero-order valence-corrected chi connectivity index (χ0v) is 12.3. The van der Waals surface area contributed by atoms with E-state index in [0.717, 1.165) is 21.2 Å². The van der Waals surface area contributed by atoms with Gasteiger partial charge < -0.3 is 10.5 Å². The van der Waals surface area contributed by atoms with Gasteiger partial charge in [0.15, 0.2) is 0 Å². The molecule has 4 nitrogen and oxygen atoms in total. The summed E-state index contributed by atoms with van der Waals surface area (Å²) in [5.74, 6) is -0.323. The number of nitrogen functional groups attached to an aromatic ring is 1. The van der Waals surface area contributed by atoms with Crippen LogP contribution in [-0.4, -0.2) is 11.0 Å². The third-order valence-electron chi connectivity index (χ3n) is 3.04. The Morgan fingerprint density at radius 1 is 1.29 bits per heavy atom. The van der Waals surface area contributed by atoms with E-state index in [-0.39, 0.29) is 12.6 Å². The minimum absolute atomic E-state index is 0.226. The Kier molecular flexibility index (Phi) is 3.58. The number of hydrogen-bond donors (Lipinski definition) is 1. The predicted octanol–water partition coefficient (Wildman–Crippen LogP) is 3.54. The van der Waals surface area contributed by atoms with Crippen LogP contribution >= 0.6 is 11.3 Å². The van der Waals surface area contributed by atoms with Gasteiger partial charge in [0.05, 0.1) is 0 Å². The average Bonchev–Trinajstić information content (AvgIpc) is 2.88. The van der Waals surface area contributed by atoms with E-state index < -0.39 is 0 Å². The number of fused-ring (bicyclic) bond motifs is 1. The molecule has 0 unspecified atom stereocenters.